The predicted molar refractivity (Wildman–Crippen MR) is 74.1 cm³/mol. The monoisotopic (exact) mass is 242 g/mol. The highest BCUT2D eigenvalue weighted by Gasteiger charge is 2.09. The van der Waals surface area contributed by atoms with E-state index in [9.17, 15) is 0 Å². The Bertz CT molecular complexity index is 479. The maximum Gasteiger partial charge on any atom is 0.191 e. The van der Waals surface area contributed by atoms with E-state index in [1.165, 1.54) is 0 Å². The SMILES string of the molecule is CC(OC(=S)c1ccccc1)c1ccccc1. The molecule has 0 aromatic heterocycles. The minimum atomic E-state index is -0.0242. The fraction of sp³-hybridized carbons (Fsp3) is 0.133. The molecule has 0 saturated carbocycles. The summed E-state index contributed by atoms with van der Waals surface area (Å²) in [6.07, 6.45) is -0.0242. The molecule has 0 radical (unpaired) electrons. The summed E-state index contributed by atoms with van der Waals surface area (Å²) in [6, 6.07) is 19.9. The molecule has 1 unspecified atom stereocenters. The second-order valence-electron chi connectivity index (χ2n) is 3.82. The van der Waals surface area contributed by atoms with E-state index in [4.69, 9.17) is 17.0 Å². The fourth-order valence-corrected chi connectivity index (χ4v) is 1.88. The van der Waals surface area contributed by atoms with E-state index >= 15 is 0 Å². The van der Waals surface area contributed by atoms with Crippen molar-refractivity contribution in [2.45, 2.75) is 13.0 Å². The molecule has 0 amide bonds. The second-order valence-corrected chi connectivity index (χ2v) is 4.20. The molecule has 0 spiro atoms. The molecule has 0 aliphatic carbocycles. The van der Waals surface area contributed by atoms with Gasteiger partial charge in [0.15, 0.2) is 5.05 Å². The summed E-state index contributed by atoms with van der Waals surface area (Å²) in [4.78, 5) is 0. The zero-order valence-corrected chi connectivity index (χ0v) is 10.5. The Labute approximate surface area is 107 Å². The molecule has 2 rings (SSSR count). The molecule has 0 fully saturated rings. The standard InChI is InChI=1S/C15H14OS/c1-12(13-8-4-2-5-9-13)16-15(17)14-10-6-3-7-11-14/h2-12H,1H3. The quantitative estimate of drug-likeness (QED) is 0.748. The van der Waals surface area contributed by atoms with Gasteiger partial charge in [0.2, 0.25) is 0 Å². The molecule has 17 heavy (non-hydrogen) atoms. The van der Waals surface area contributed by atoms with Crippen LogP contribution in [0.5, 0.6) is 0 Å². The number of rotatable bonds is 3. The number of benzene rings is 2. The third-order valence-electron chi connectivity index (χ3n) is 2.56. The minimum Gasteiger partial charge on any atom is -0.475 e. The maximum absolute atomic E-state index is 5.75. The van der Waals surface area contributed by atoms with Gasteiger partial charge in [-0.15, -0.1) is 0 Å². The van der Waals surface area contributed by atoms with Gasteiger partial charge in [-0.05, 0) is 24.7 Å². The molecule has 0 aliphatic heterocycles. The molecule has 0 saturated heterocycles. The number of hydrogen-bond donors (Lipinski definition) is 0. The van der Waals surface area contributed by atoms with Gasteiger partial charge in [-0.1, -0.05) is 60.7 Å². The first-order valence-electron chi connectivity index (χ1n) is 5.58. The van der Waals surface area contributed by atoms with Crippen LogP contribution in [0.1, 0.15) is 24.2 Å². The Morgan fingerprint density at radius 2 is 1.47 bits per heavy atom. The Morgan fingerprint density at radius 3 is 2.06 bits per heavy atom. The Balaban J connectivity index is 2.05. The smallest absolute Gasteiger partial charge is 0.191 e. The van der Waals surface area contributed by atoms with Gasteiger partial charge in [0, 0.05) is 5.56 Å². The van der Waals surface area contributed by atoms with Crippen LogP contribution >= 0.6 is 12.2 Å². The van der Waals surface area contributed by atoms with E-state index in [1.807, 2.05) is 67.6 Å². The highest BCUT2D eigenvalue weighted by molar-refractivity contribution is 7.80. The van der Waals surface area contributed by atoms with Crippen molar-refractivity contribution in [2.75, 3.05) is 0 Å². The van der Waals surface area contributed by atoms with Crippen molar-refractivity contribution in [2.24, 2.45) is 0 Å². The lowest BCUT2D eigenvalue weighted by Gasteiger charge is -2.15. The molecule has 2 heteroatoms. The van der Waals surface area contributed by atoms with E-state index in [0.29, 0.717) is 5.05 Å². The summed E-state index contributed by atoms with van der Waals surface area (Å²) >= 11 is 5.27. The molecule has 0 bridgehead atoms. The summed E-state index contributed by atoms with van der Waals surface area (Å²) < 4.78 is 5.75. The molecular formula is C15H14OS. The van der Waals surface area contributed by atoms with Crippen molar-refractivity contribution >= 4 is 17.3 Å². The number of ether oxygens (including phenoxy) is 1. The van der Waals surface area contributed by atoms with Crippen LogP contribution in [0.4, 0.5) is 0 Å². The summed E-state index contributed by atoms with van der Waals surface area (Å²) in [5, 5.41) is 0.543. The van der Waals surface area contributed by atoms with E-state index in [0.717, 1.165) is 11.1 Å². The van der Waals surface area contributed by atoms with Gasteiger partial charge in [-0.2, -0.15) is 0 Å². The first-order valence-corrected chi connectivity index (χ1v) is 5.99. The topological polar surface area (TPSA) is 9.23 Å². The van der Waals surface area contributed by atoms with Gasteiger partial charge in [0.1, 0.15) is 6.10 Å². The summed E-state index contributed by atoms with van der Waals surface area (Å²) in [5.74, 6) is 0. The van der Waals surface area contributed by atoms with Crippen molar-refractivity contribution in [3.05, 3.63) is 71.8 Å². The number of thiocarbonyl (C=S) groups is 1. The molecule has 1 atom stereocenters. The lowest BCUT2D eigenvalue weighted by molar-refractivity contribution is 0.220. The summed E-state index contributed by atoms with van der Waals surface area (Å²) in [6.45, 7) is 2.00. The predicted octanol–water partition coefficient (Wildman–Crippen LogP) is 4.14. The average Bonchev–Trinajstić information content (AvgIpc) is 2.40. The zero-order chi connectivity index (χ0) is 12.1. The van der Waals surface area contributed by atoms with E-state index < -0.39 is 0 Å². The summed E-state index contributed by atoms with van der Waals surface area (Å²) in [7, 11) is 0. The van der Waals surface area contributed by atoms with Crippen LogP contribution in [0, 0.1) is 0 Å². The summed E-state index contributed by atoms with van der Waals surface area (Å²) in [5.41, 5.74) is 2.08. The average molecular weight is 242 g/mol. The largest absolute Gasteiger partial charge is 0.475 e. The van der Waals surface area contributed by atoms with Gasteiger partial charge in [-0.3, -0.25) is 0 Å². The Kier molecular flexibility index (Phi) is 3.89. The first-order chi connectivity index (χ1) is 8.27. The molecule has 2 aromatic rings. The zero-order valence-electron chi connectivity index (χ0n) is 9.67. The van der Waals surface area contributed by atoms with E-state index in [2.05, 4.69) is 0 Å². The highest BCUT2D eigenvalue weighted by atomic mass is 32.1. The van der Waals surface area contributed by atoms with Crippen LogP contribution in [-0.2, 0) is 4.74 Å². The van der Waals surface area contributed by atoms with Crippen LogP contribution in [0.25, 0.3) is 0 Å². The van der Waals surface area contributed by atoms with Crippen LogP contribution in [0.2, 0.25) is 0 Å². The van der Waals surface area contributed by atoms with Crippen molar-refractivity contribution < 1.29 is 4.74 Å². The first kappa shape index (κ1) is 11.8. The lowest BCUT2D eigenvalue weighted by Crippen LogP contribution is -2.07. The van der Waals surface area contributed by atoms with E-state index in [-0.39, 0.29) is 6.10 Å². The molecule has 0 aliphatic rings. The molecule has 86 valence electrons. The van der Waals surface area contributed by atoms with E-state index in [1.54, 1.807) is 0 Å². The van der Waals surface area contributed by atoms with Crippen molar-refractivity contribution in [3.63, 3.8) is 0 Å². The third kappa shape index (κ3) is 3.14. The molecule has 0 heterocycles. The third-order valence-corrected chi connectivity index (χ3v) is 2.89. The minimum absolute atomic E-state index is 0.0242. The fourth-order valence-electron chi connectivity index (χ4n) is 1.59. The molecule has 0 N–H and O–H groups in total. The Morgan fingerprint density at radius 1 is 0.941 bits per heavy atom. The van der Waals surface area contributed by atoms with Gasteiger partial charge >= 0.3 is 0 Å². The molecule has 2 aromatic carbocycles. The van der Waals surface area contributed by atoms with Gasteiger partial charge in [0.25, 0.3) is 0 Å². The van der Waals surface area contributed by atoms with Crippen molar-refractivity contribution in [3.8, 4) is 0 Å². The van der Waals surface area contributed by atoms with Crippen LogP contribution in [-0.4, -0.2) is 5.05 Å². The normalized spacial score (nSPS) is 11.8. The lowest BCUT2D eigenvalue weighted by atomic mass is 10.1. The van der Waals surface area contributed by atoms with Crippen LogP contribution in [0.15, 0.2) is 60.7 Å². The second kappa shape index (κ2) is 5.60. The van der Waals surface area contributed by atoms with Crippen LogP contribution in [0.3, 0.4) is 0 Å². The van der Waals surface area contributed by atoms with Crippen LogP contribution < -0.4 is 0 Å². The van der Waals surface area contributed by atoms with Crippen molar-refractivity contribution in [1.29, 1.82) is 0 Å². The maximum atomic E-state index is 5.75. The van der Waals surface area contributed by atoms with Crippen molar-refractivity contribution in [1.82, 2.24) is 0 Å². The Hall–Kier alpha value is -1.67. The van der Waals surface area contributed by atoms with Gasteiger partial charge in [-0.25, -0.2) is 0 Å². The van der Waals surface area contributed by atoms with Gasteiger partial charge < -0.3 is 4.74 Å². The highest BCUT2D eigenvalue weighted by Crippen LogP contribution is 2.18. The number of hydrogen-bond acceptors (Lipinski definition) is 2. The molecular weight excluding hydrogens is 228 g/mol. The molecule has 1 nitrogen and oxygen atoms in total. The van der Waals surface area contributed by atoms with Gasteiger partial charge in [0.05, 0.1) is 0 Å².